The van der Waals surface area contributed by atoms with Gasteiger partial charge >= 0.3 is 0 Å². The number of hydrogen-bond donors (Lipinski definition) is 1. The Hall–Kier alpha value is -1.62. The van der Waals surface area contributed by atoms with Gasteiger partial charge in [0.05, 0.1) is 12.2 Å². The van der Waals surface area contributed by atoms with E-state index in [1.165, 1.54) is 0 Å². The lowest BCUT2D eigenvalue weighted by Gasteiger charge is -2.19. The molecule has 0 spiro atoms. The summed E-state index contributed by atoms with van der Waals surface area (Å²) in [6.45, 7) is 12.3. The number of rotatable bonds is 3. The lowest BCUT2D eigenvalue weighted by Crippen LogP contribution is -2.18. The lowest BCUT2D eigenvalue weighted by molar-refractivity contribution is 0.477. The number of aryl methyl sites for hydroxylation is 2. The molecule has 0 aromatic carbocycles. The summed E-state index contributed by atoms with van der Waals surface area (Å²) in [5, 5.41) is 3.70. The molecule has 0 bridgehead atoms. The smallest absolute Gasteiger partial charge is 0.213 e. The predicted octanol–water partition coefficient (Wildman–Crippen LogP) is 3.95. The Morgan fingerprint density at radius 2 is 1.76 bits per heavy atom. The summed E-state index contributed by atoms with van der Waals surface area (Å²) in [6, 6.07) is 0. The summed E-state index contributed by atoms with van der Waals surface area (Å²) in [7, 11) is 0. The molecule has 0 unspecified atom stereocenters. The molecular formula is C15H21ClN4O. The zero-order valence-corrected chi connectivity index (χ0v) is 14.1. The van der Waals surface area contributed by atoms with Crippen LogP contribution in [0.3, 0.4) is 0 Å². The zero-order valence-electron chi connectivity index (χ0n) is 13.3. The molecule has 5 nitrogen and oxygen atoms in total. The van der Waals surface area contributed by atoms with Crippen molar-refractivity contribution in [3.8, 4) is 0 Å². The Labute approximate surface area is 130 Å². The van der Waals surface area contributed by atoms with Gasteiger partial charge in [-0.15, -0.1) is 0 Å². The van der Waals surface area contributed by atoms with Crippen molar-refractivity contribution in [3.63, 3.8) is 0 Å². The molecule has 0 radical (unpaired) electrons. The molecule has 0 amide bonds. The van der Waals surface area contributed by atoms with Crippen molar-refractivity contribution >= 4 is 17.4 Å². The highest BCUT2D eigenvalue weighted by atomic mass is 35.5. The summed E-state index contributed by atoms with van der Waals surface area (Å²) in [5.74, 6) is 2.89. The summed E-state index contributed by atoms with van der Waals surface area (Å²) in [6.07, 6.45) is 0. The minimum Gasteiger partial charge on any atom is -0.444 e. The fourth-order valence-electron chi connectivity index (χ4n) is 1.77. The van der Waals surface area contributed by atoms with E-state index in [4.69, 9.17) is 16.0 Å². The molecule has 21 heavy (non-hydrogen) atoms. The van der Waals surface area contributed by atoms with Crippen molar-refractivity contribution in [1.82, 2.24) is 15.0 Å². The first-order chi connectivity index (χ1) is 9.68. The minimum absolute atomic E-state index is 0.163. The van der Waals surface area contributed by atoms with E-state index in [-0.39, 0.29) is 5.41 Å². The summed E-state index contributed by atoms with van der Waals surface area (Å²) in [5.41, 5.74) is 1.56. The molecule has 1 N–H and O–H groups in total. The average molecular weight is 309 g/mol. The van der Waals surface area contributed by atoms with Crippen LogP contribution < -0.4 is 5.32 Å². The predicted molar refractivity (Wildman–Crippen MR) is 83.8 cm³/mol. The minimum atomic E-state index is -0.163. The van der Waals surface area contributed by atoms with E-state index in [0.717, 1.165) is 17.0 Å². The van der Waals surface area contributed by atoms with Crippen LogP contribution >= 0.6 is 11.6 Å². The Morgan fingerprint density at radius 1 is 1.10 bits per heavy atom. The zero-order chi connectivity index (χ0) is 15.8. The first-order valence-corrected chi connectivity index (χ1v) is 7.27. The van der Waals surface area contributed by atoms with E-state index >= 15 is 0 Å². The van der Waals surface area contributed by atoms with Gasteiger partial charge in [-0.05, 0) is 20.8 Å². The Balaban J connectivity index is 2.25. The van der Waals surface area contributed by atoms with Crippen LogP contribution in [0.1, 0.15) is 49.5 Å². The van der Waals surface area contributed by atoms with Crippen LogP contribution in [-0.4, -0.2) is 15.0 Å². The highest BCUT2D eigenvalue weighted by molar-refractivity contribution is 6.30. The maximum atomic E-state index is 6.21. The molecular weight excluding hydrogens is 288 g/mol. The molecule has 2 aromatic heterocycles. The monoisotopic (exact) mass is 308 g/mol. The third-order valence-electron chi connectivity index (χ3n) is 3.24. The summed E-state index contributed by atoms with van der Waals surface area (Å²) >= 11 is 6.21. The fourth-order valence-corrected chi connectivity index (χ4v) is 1.94. The molecule has 0 atom stereocenters. The molecule has 6 heteroatoms. The summed E-state index contributed by atoms with van der Waals surface area (Å²) < 4.78 is 5.55. The van der Waals surface area contributed by atoms with Crippen LogP contribution in [0.4, 0.5) is 5.82 Å². The van der Waals surface area contributed by atoms with Crippen molar-refractivity contribution < 1.29 is 4.42 Å². The molecule has 0 aliphatic rings. The largest absolute Gasteiger partial charge is 0.444 e. The molecule has 2 aromatic rings. The molecule has 0 saturated heterocycles. The van der Waals surface area contributed by atoms with Crippen molar-refractivity contribution in [2.75, 3.05) is 5.32 Å². The van der Waals surface area contributed by atoms with Crippen LogP contribution in [0.25, 0.3) is 0 Å². The number of halogens is 1. The van der Waals surface area contributed by atoms with E-state index in [0.29, 0.717) is 29.2 Å². The van der Waals surface area contributed by atoms with Gasteiger partial charge < -0.3 is 9.73 Å². The number of hydrogen-bond acceptors (Lipinski definition) is 5. The first kappa shape index (κ1) is 15.8. The van der Waals surface area contributed by atoms with Crippen molar-refractivity contribution in [2.45, 2.75) is 53.5 Å². The van der Waals surface area contributed by atoms with Gasteiger partial charge in [0.2, 0.25) is 5.89 Å². The third kappa shape index (κ3) is 3.53. The van der Waals surface area contributed by atoms with E-state index in [1.807, 2.05) is 20.8 Å². The molecule has 2 rings (SSSR count). The van der Waals surface area contributed by atoms with Crippen LogP contribution in [0.2, 0.25) is 5.15 Å². The number of nitrogens with one attached hydrogen (secondary N) is 1. The first-order valence-electron chi connectivity index (χ1n) is 6.90. The molecule has 0 aliphatic carbocycles. The quantitative estimate of drug-likeness (QED) is 0.870. The van der Waals surface area contributed by atoms with Crippen LogP contribution in [0.15, 0.2) is 4.42 Å². The second kappa shape index (κ2) is 5.64. The Bertz CT molecular complexity index is 639. The van der Waals surface area contributed by atoms with Gasteiger partial charge in [0, 0.05) is 11.0 Å². The molecule has 0 aliphatic heterocycles. The number of aromatic nitrogens is 3. The van der Waals surface area contributed by atoms with E-state index in [2.05, 4.69) is 41.0 Å². The topological polar surface area (TPSA) is 63.8 Å². The van der Waals surface area contributed by atoms with Gasteiger partial charge in [0.25, 0.3) is 0 Å². The van der Waals surface area contributed by atoms with Crippen LogP contribution in [0.5, 0.6) is 0 Å². The van der Waals surface area contributed by atoms with E-state index < -0.39 is 0 Å². The van der Waals surface area contributed by atoms with Gasteiger partial charge in [0.15, 0.2) is 0 Å². The van der Waals surface area contributed by atoms with Crippen LogP contribution in [-0.2, 0) is 12.0 Å². The van der Waals surface area contributed by atoms with Crippen molar-refractivity contribution in [3.05, 3.63) is 33.9 Å². The molecule has 0 fully saturated rings. The number of nitrogens with zero attached hydrogens (tertiary/aromatic N) is 3. The Morgan fingerprint density at radius 3 is 2.29 bits per heavy atom. The highest BCUT2D eigenvalue weighted by Crippen LogP contribution is 2.26. The third-order valence-corrected chi connectivity index (χ3v) is 3.61. The molecule has 2 heterocycles. The highest BCUT2D eigenvalue weighted by Gasteiger charge is 2.20. The molecule has 114 valence electrons. The van der Waals surface area contributed by atoms with E-state index in [1.54, 1.807) is 0 Å². The standard InChI is InChI=1S/C15H21ClN4O/c1-8-12(16)19-14(15(4,5)6)20-13(8)17-7-11-18-9(2)10(3)21-11/h7H2,1-6H3,(H,17,19,20). The summed E-state index contributed by atoms with van der Waals surface area (Å²) in [4.78, 5) is 13.3. The van der Waals surface area contributed by atoms with Crippen molar-refractivity contribution in [2.24, 2.45) is 0 Å². The van der Waals surface area contributed by atoms with Gasteiger partial charge in [-0.1, -0.05) is 32.4 Å². The van der Waals surface area contributed by atoms with Crippen LogP contribution in [0, 0.1) is 20.8 Å². The molecule has 0 saturated carbocycles. The van der Waals surface area contributed by atoms with Gasteiger partial charge in [-0.2, -0.15) is 0 Å². The lowest BCUT2D eigenvalue weighted by atomic mass is 9.95. The van der Waals surface area contributed by atoms with Gasteiger partial charge in [-0.3, -0.25) is 0 Å². The maximum Gasteiger partial charge on any atom is 0.213 e. The van der Waals surface area contributed by atoms with Gasteiger partial charge in [0.1, 0.15) is 22.6 Å². The Kier molecular flexibility index (Phi) is 4.23. The fraction of sp³-hybridized carbons (Fsp3) is 0.533. The number of anilines is 1. The average Bonchev–Trinajstić information content (AvgIpc) is 2.69. The second-order valence-electron chi connectivity index (χ2n) is 6.16. The second-order valence-corrected chi connectivity index (χ2v) is 6.52. The SMILES string of the molecule is Cc1nc(CNc2nc(C(C)(C)C)nc(Cl)c2C)oc1C. The van der Waals surface area contributed by atoms with Crippen molar-refractivity contribution in [1.29, 1.82) is 0 Å². The maximum absolute atomic E-state index is 6.21. The normalized spacial score (nSPS) is 11.8. The van der Waals surface area contributed by atoms with Gasteiger partial charge in [-0.25, -0.2) is 15.0 Å². The number of oxazole rings is 1. The van der Waals surface area contributed by atoms with E-state index in [9.17, 15) is 0 Å².